The lowest BCUT2D eigenvalue weighted by molar-refractivity contribution is 0.737. The summed E-state index contributed by atoms with van der Waals surface area (Å²) in [6.07, 6.45) is 0.791. The molecule has 0 saturated carbocycles. The van der Waals surface area contributed by atoms with Gasteiger partial charge in [0.25, 0.3) is 0 Å². The van der Waals surface area contributed by atoms with Crippen LogP contribution in [0.3, 0.4) is 0 Å². The lowest BCUT2D eigenvalue weighted by atomic mass is 10.0. The van der Waals surface area contributed by atoms with Crippen LogP contribution >= 0.6 is 0 Å². The number of para-hydroxylation sites is 2. The summed E-state index contributed by atoms with van der Waals surface area (Å²) in [4.78, 5) is 4.76. The Hall–Kier alpha value is -2.65. The van der Waals surface area contributed by atoms with Crippen LogP contribution in [-0.4, -0.2) is 16.1 Å². The van der Waals surface area contributed by atoms with Crippen LogP contribution in [0.4, 0.5) is 0 Å². The third-order valence-electron chi connectivity index (χ3n) is 4.31. The van der Waals surface area contributed by atoms with E-state index < -0.39 is 0 Å². The highest BCUT2D eigenvalue weighted by Crippen LogP contribution is 2.23. The average molecular weight is 301 g/mol. The number of imidazole rings is 1. The summed E-state index contributed by atoms with van der Waals surface area (Å²) in [5.74, 6) is 1.06. The Labute approximate surface area is 135 Å². The molecule has 4 rings (SSSR count). The fourth-order valence-corrected chi connectivity index (χ4v) is 3.22. The predicted octanol–water partition coefficient (Wildman–Crippen LogP) is 3.74. The zero-order valence-corrected chi connectivity index (χ0v) is 12.9. The standard InChI is InChI=1S/C20H19N3/c21-13-12-20-22-18-10-3-4-11-19(18)23(20)14-16-8-5-7-15-6-1-2-9-17(15)16/h1-11H,12-14,21H2. The molecular formula is C20H19N3. The normalized spacial score (nSPS) is 11.3. The summed E-state index contributed by atoms with van der Waals surface area (Å²) in [6, 6.07) is 23.3. The zero-order valence-electron chi connectivity index (χ0n) is 12.9. The molecular weight excluding hydrogens is 282 g/mol. The van der Waals surface area contributed by atoms with Crippen molar-refractivity contribution in [2.45, 2.75) is 13.0 Å². The summed E-state index contributed by atoms with van der Waals surface area (Å²) in [7, 11) is 0. The Morgan fingerprint density at radius 2 is 1.65 bits per heavy atom. The summed E-state index contributed by atoms with van der Waals surface area (Å²) in [6.45, 7) is 1.43. The first kappa shape index (κ1) is 14.0. The van der Waals surface area contributed by atoms with Gasteiger partial charge in [-0.2, -0.15) is 0 Å². The van der Waals surface area contributed by atoms with E-state index in [-0.39, 0.29) is 0 Å². The zero-order chi connectivity index (χ0) is 15.6. The van der Waals surface area contributed by atoms with Gasteiger partial charge in [-0.25, -0.2) is 4.98 Å². The van der Waals surface area contributed by atoms with Gasteiger partial charge in [-0.3, -0.25) is 0 Å². The van der Waals surface area contributed by atoms with Crippen molar-refractivity contribution in [1.29, 1.82) is 0 Å². The molecule has 0 spiro atoms. The number of rotatable bonds is 4. The van der Waals surface area contributed by atoms with Crippen LogP contribution in [0.25, 0.3) is 21.8 Å². The van der Waals surface area contributed by atoms with Crippen LogP contribution in [0.2, 0.25) is 0 Å². The highest BCUT2D eigenvalue weighted by atomic mass is 15.1. The van der Waals surface area contributed by atoms with E-state index in [4.69, 9.17) is 10.7 Å². The van der Waals surface area contributed by atoms with Crippen molar-refractivity contribution >= 4 is 21.8 Å². The van der Waals surface area contributed by atoms with E-state index in [1.54, 1.807) is 0 Å². The number of nitrogens with two attached hydrogens (primary N) is 1. The molecule has 0 aliphatic rings. The average Bonchev–Trinajstić information content (AvgIpc) is 2.93. The second-order valence-electron chi connectivity index (χ2n) is 5.78. The molecule has 0 aliphatic heterocycles. The molecule has 0 fully saturated rings. The topological polar surface area (TPSA) is 43.8 Å². The highest BCUT2D eigenvalue weighted by Gasteiger charge is 2.11. The van der Waals surface area contributed by atoms with Gasteiger partial charge in [0.2, 0.25) is 0 Å². The Morgan fingerprint density at radius 3 is 2.57 bits per heavy atom. The molecule has 0 atom stereocenters. The minimum absolute atomic E-state index is 0.610. The summed E-state index contributed by atoms with van der Waals surface area (Å²) < 4.78 is 2.30. The number of nitrogens with zero attached hydrogens (tertiary/aromatic N) is 2. The molecule has 0 unspecified atom stereocenters. The first-order valence-electron chi connectivity index (χ1n) is 7.97. The molecule has 23 heavy (non-hydrogen) atoms. The summed E-state index contributed by atoms with van der Waals surface area (Å²) in [5, 5.41) is 2.57. The van der Waals surface area contributed by atoms with Gasteiger partial charge >= 0.3 is 0 Å². The summed E-state index contributed by atoms with van der Waals surface area (Å²) >= 11 is 0. The smallest absolute Gasteiger partial charge is 0.111 e. The maximum absolute atomic E-state index is 5.78. The van der Waals surface area contributed by atoms with Crippen molar-refractivity contribution in [1.82, 2.24) is 9.55 Å². The van der Waals surface area contributed by atoms with Crippen molar-refractivity contribution in [2.24, 2.45) is 5.73 Å². The van der Waals surface area contributed by atoms with Crippen LogP contribution in [0.1, 0.15) is 11.4 Å². The SMILES string of the molecule is NCCc1nc2ccccc2n1Cc1cccc2ccccc12. The molecule has 0 amide bonds. The molecule has 0 saturated heterocycles. The van der Waals surface area contributed by atoms with Gasteiger partial charge in [0, 0.05) is 13.0 Å². The van der Waals surface area contributed by atoms with Gasteiger partial charge in [0.15, 0.2) is 0 Å². The third kappa shape index (κ3) is 2.49. The highest BCUT2D eigenvalue weighted by molar-refractivity contribution is 5.86. The van der Waals surface area contributed by atoms with Gasteiger partial charge < -0.3 is 10.3 Å². The maximum Gasteiger partial charge on any atom is 0.111 e. The van der Waals surface area contributed by atoms with Gasteiger partial charge in [0.05, 0.1) is 11.0 Å². The number of hydrogen-bond acceptors (Lipinski definition) is 2. The molecule has 2 N–H and O–H groups in total. The Balaban J connectivity index is 1.87. The lowest BCUT2D eigenvalue weighted by Gasteiger charge is -2.11. The molecule has 114 valence electrons. The third-order valence-corrected chi connectivity index (χ3v) is 4.31. The molecule has 0 radical (unpaired) electrons. The number of benzene rings is 3. The Bertz CT molecular complexity index is 964. The second kappa shape index (κ2) is 5.86. The van der Waals surface area contributed by atoms with Crippen LogP contribution < -0.4 is 5.73 Å². The molecule has 0 aliphatic carbocycles. The number of hydrogen-bond donors (Lipinski definition) is 1. The van der Waals surface area contributed by atoms with E-state index in [0.29, 0.717) is 6.54 Å². The van der Waals surface area contributed by atoms with E-state index >= 15 is 0 Å². The number of fused-ring (bicyclic) bond motifs is 2. The molecule has 1 heterocycles. The minimum atomic E-state index is 0.610. The van der Waals surface area contributed by atoms with E-state index in [0.717, 1.165) is 24.3 Å². The van der Waals surface area contributed by atoms with Crippen molar-refractivity contribution in [3.63, 3.8) is 0 Å². The van der Waals surface area contributed by atoms with Crippen LogP contribution in [-0.2, 0) is 13.0 Å². The van der Waals surface area contributed by atoms with Crippen molar-refractivity contribution in [2.75, 3.05) is 6.54 Å². The monoisotopic (exact) mass is 301 g/mol. The minimum Gasteiger partial charge on any atom is -0.330 e. The van der Waals surface area contributed by atoms with Gasteiger partial charge in [-0.05, 0) is 35.0 Å². The fourth-order valence-electron chi connectivity index (χ4n) is 3.22. The maximum atomic E-state index is 5.78. The van der Waals surface area contributed by atoms with Crippen LogP contribution in [0, 0.1) is 0 Å². The first-order chi connectivity index (χ1) is 11.4. The van der Waals surface area contributed by atoms with Crippen molar-refractivity contribution < 1.29 is 0 Å². The van der Waals surface area contributed by atoms with Gasteiger partial charge in [0.1, 0.15) is 5.82 Å². The molecule has 1 aromatic heterocycles. The lowest BCUT2D eigenvalue weighted by Crippen LogP contribution is -2.11. The fraction of sp³-hybridized carbons (Fsp3) is 0.150. The van der Waals surface area contributed by atoms with Gasteiger partial charge in [-0.1, -0.05) is 54.6 Å². The quantitative estimate of drug-likeness (QED) is 0.624. The first-order valence-corrected chi connectivity index (χ1v) is 7.97. The molecule has 3 heteroatoms. The van der Waals surface area contributed by atoms with E-state index in [1.165, 1.54) is 21.9 Å². The van der Waals surface area contributed by atoms with Crippen molar-refractivity contribution in [3.8, 4) is 0 Å². The van der Waals surface area contributed by atoms with E-state index in [1.807, 2.05) is 6.07 Å². The Kier molecular flexibility index (Phi) is 3.56. The molecule has 3 aromatic carbocycles. The largest absolute Gasteiger partial charge is 0.330 e. The van der Waals surface area contributed by atoms with Crippen LogP contribution in [0.5, 0.6) is 0 Å². The molecule has 4 aromatic rings. The second-order valence-corrected chi connectivity index (χ2v) is 5.78. The number of aromatic nitrogens is 2. The Morgan fingerprint density at radius 1 is 0.870 bits per heavy atom. The molecule has 3 nitrogen and oxygen atoms in total. The molecule has 0 bridgehead atoms. The van der Waals surface area contributed by atoms with Crippen LogP contribution in [0.15, 0.2) is 66.7 Å². The van der Waals surface area contributed by atoms with E-state index in [9.17, 15) is 0 Å². The van der Waals surface area contributed by atoms with E-state index in [2.05, 4.69) is 65.2 Å². The predicted molar refractivity (Wildman–Crippen MR) is 95.5 cm³/mol. The van der Waals surface area contributed by atoms with Gasteiger partial charge in [-0.15, -0.1) is 0 Å². The van der Waals surface area contributed by atoms with Crippen molar-refractivity contribution in [3.05, 3.63) is 78.1 Å². The summed E-state index contributed by atoms with van der Waals surface area (Å²) in [5.41, 5.74) is 9.30.